The lowest BCUT2D eigenvalue weighted by atomic mass is 9.96. The Morgan fingerprint density at radius 3 is 1.48 bits per heavy atom. The predicted molar refractivity (Wildman–Crippen MR) is 102 cm³/mol. The molecule has 1 atom stereocenters. The number of hydrogen-bond donors (Lipinski definition) is 0. The minimum atomic E-state index is -0.163. The molecule has 23 heavy (non-hydrogen) atoms. The molecule has 2 nitrogen and oxygen atoms in total. The molecule has 0 aromatic heterocycles. The fourth-order valence-electron chi connectivity index (χ4n) is 2.81. The van der Waals surface area contributed by atoms with Gasteiger partial charge in [0.25, 0.3) is 0 Å². The molecule has 0 aliphatic rings. The van der Waals surface area contributed by atoms with E-state index in [-0.39, 0.29) is 17.5 Å². The fraction of sp³-hybridized carbons (Fsp3) is 1.00. The summed E-state index contributed by atoms with van der Waals surface area (Å²) in [5, 5.41) is 0. The van der Waals surface area contributed by atoms with E-state index in [1.54, 1.807) is 0 Å². The molecule has 0 aliphatic carbocycles. The van der Waals surface area contributed by atoms with E-state index >= 15 is 0 Å². The summed E-state index contributed by atoms with van der Waals surface area (Å²) in [4.78, 5) is 0. The third-order valence-electron chi connectivity index (χ3n) is 4.03. The lowest BCUT2D eigenvalue weighted by Crippen LogP contribution is -2.39. The third kappa shape index (κ3) is 14.0. The first-order valence-corrected chi connectivity index (χ1v) is 9.94. The zero-order valence-corrected chi connectivity index (χ0v) is 17.3. The van der Waals surface area contributed by atoms with Gasteiger partial charge in [0.05, 0.1) is 11.2 Å². The highest BCUT2D eigenvalue weighted by Gasteiger charge is 2.30. The Kier molecular flexibility index (Phi) is 11.4. The highest BCUT2D eigenvalue weighted by Crippen LogP contribution is 2.28. The van der Waals surface area contributed by atoms with Crippen molar-refractivity contribution in [3.63, 3.8) is 0 Å². The molecule has 0 bridgehead atoms. The summed E-state index contributed by atoms with van der Waals surface area (Å²) < 4.78 is 12.5. The first kappa shape index (κ1) is 22.9. The molecule has 0 aliphatic heterocycles. The van der Waals surface area contributed by atoms with E-state index in [4.69, 9.17) is 9.47 Å². The molecular weight excluding hydrogens is 284 g/mol. The van der Waals surface area contributed by atoms with Crippen molar-refractivity contribution in [2.75, 3.05) is 0 Å². The lowest BCUT2D eigenvalue weighted by molar-refractivity contribution is -0.256. The highest BCUT2D eigenvalue weighted by molar-refractivity contribution is 4.71. The van der Waals surface area contributed by atoms with Crippen molar-refractivity contribution in [3.8, 4) is 0 Å². The first-order chi connectivity index (χ1) is 10.6. The maximum Gasteiger partial charge on any atom is 0.161 e. The zero-order valence-electron chi connectivity index (χ0n) is 17.3. The van der Waals surface area contributed by atoms with Crippen molar-refractivity contribution in [3.05, 3.63) is 0 Å². The second kappa shape index (κ2) is 11.5. The van der Waals surface area contributed by atoms with Gasteiger partial charge in [0.15, 0.2) is 6.29 Å². The maximum atomic E-state index is 6.25. The predicted octanol–water partition coefficient (Wildman–Crippen LogP) is 7.11. The van der Waals surface area contributed by atoms with Crippen LogP contribution in [0, 0.1) is 5.92 Å². The van der Waals surface area contributed by atoms with Crippen molar-refractivity contribution in [2.24, 2.45) is 5.92 Å². The van der Waals surface area contributed by atoms with Gasteiger partial charge >= 0.3 is 0 Å². The molecule has 0 aromatic rings. The van der Waals surface area contributed by atoms with Crippen LogP contribution in [0.15, 0.2) is 0 Å². The summed E-state index contributed by atoms with van der Waals surface area (Å²) in [6.45, 7) is 17.2. The standard InChI is InChI=1S/C21H44O2/c1-9-11-12-13-14-15-16-17-18(10-2)19(22-20(3,4)5)23-21(6,7)8/h18-19H,9-17H2,1-8H3. The van der Waals surface area contributed by atoms with E-state index in [1.165, 1.54) is 51.4 Å². The van der Waals surface area contributed by atoms with E-state index < -0.39 is 0 Å². The van der Waals surface area contributed by atoms with E-state index in [0.29, 0.717) is 5.92 Å². The zero-order chi connectivity index (χ0) is 17.9. The SMILES string of the molecule is CCCCCCCCCC(CC)C(OC(C)(C)C)OC(C)(C)C. The highest BCUT2D eigenvalue weighted by atomic mass is 16.7. The van der Waals surface area contributed by atoms with Gasteiger partial charge < -0.3 is 9.47 Å². The first-order valence-electron chi connectivity index (χ1n) is 9.94. The van der Waals surface area contributed by atoms with Crippen LogP contribution in [0.1, 0.15) is 113 Å². The Morgan fingerprint density at radius 2 is 1.09 bits per heavy atom. The quantitative estimate of drug-likeness (QED) is 0.281. The monoisotopic (exact) mass is 328 g/mol. The van der Waals surface area contributed by atoms with E-state index in [1.807, 2.05) is 0 Å². The molecule has 0 N–H and O–H groups in total. The number of unbranched alkanes of at least 4 members (excludes halogenated alkanes) is 6. The van der Waals surface area contributed by atoms with Crippen LogP contribution in [-0.2, 0) is 9.47 Å². The molecule has 1 unspecified atom stereocenters. The van der Waals surface area contributed by atoms with Crippen LogP contribution in [0.5, 0.6) is 0 Å². The van der Waals surface area contributed by atoms with Gasteiger partial charge in [0, 0.05) is 5.92 Å². The molecule has 0 radical (unpaired) electrons. The van der Waals surface area contributed by atoms with Crippen LogP contribution >= 0.6 is 0 Å². The average molecular weight is 329 g/mol. The molecule has 0 aromatic carbocycles. The Balaban J connectivity index is 4.35. The molecule has 0 rings (SSSR count). The van der Waals surface area contributed by atoms with Crippen LogP contribution in [0.25, 0.3) is 0 Å². The van der Waals surface area contributed by atoms with Gasteiger partial charge in [0.2, 0.25) is 0 Å². The van der Waals surface area contributed by atoms with E-state index in [9.17, 15) is 0 Å². The molecular formula is C21H44O2. The Morgan fingerprint density at radius 1 is 0.652 bits per heavy atom. The summed E-state index contributed by atoms with van der Waals surface area (Å²) >= 11 is 0. The normalized spacial score (nSPS) is 14.5. The van der Waals surface area contributed by atoms with Gasteiger partial charge in [-0.15, -0.1) is 0 Å². The van der Waals surface area contributed by atoms with Gasteiger partial charge in [-0.25, -0.2) is 0 Å². The number of hydrogen-bond acceptors (Lipinski definition) is 2. The minimum absolute atomic E-state index is 0.0971. The summed E-state index contributed by atoms with van der Waals surface area (Å²) in [5.74, 6) is 0.490. The van der Waals surface area contributed by atoms with Gasteiger partial charge in [0.1, 0.15) is 0 Å². The van der Waals surface area contributed by atoms with E-state index in [0.717, 1.165) is 6.42 Å². The Hall–Kier alpha value is -0.0800. The van der Waals surface area contributed by atoms with Crippen LogP contribution in [0.3, 0.4) is 0 Å². The third-order valence-corrected chi connectivity index (χ3v) is 4.03. The average Bonchev–Trinajstić information content (AvgIpc) is 2.38. The van der Waals surface area contributed by atoms with Gasteiger partial charge in [-0.2, -0.15) is 0 Å². The molecule has 140 valence electrons. The van der Waals surface area contributed by atoms with Crippen LogP contribution in [0.2, 0.25) is 0 Å². The molecule has 0 spiro atoms. The topological polar surface area (TPSA) is 18.5 Å². The molecule has 0 saturated carbocycles. The molecule has 0 amide bonds. The van der Waals surface area contributed by atoms with Gasteiger partial charge in [-0.1, -0.05) is 58.8 Å². The second-order valence-electron chi connectivity index (χ2n) is 8.91. The number of ether oxygens (including phenoxy) is 2. The maximum absolute atomic E-state index is 6.25. The van der Waals surface area contributed by atoms with Crippen molar-refractivity contribution in [1.82, 2.24) is 0 Å². The van der Waals surface area contributed by atoms with Gasteiger partial charge in [-0.05, 0) is 54.4 Å². The van der Waals surface area contributed by atoms with Crippen LogP contribution < -0.4 is 0 Å². The number of rotatable bonds is 12. The fourth-order valence-corrected chi connectivity index (χ4v) is 2.81. The second-order valence-corrected chi connectivity index (χ2v) is 8.91. The molecule has 2 heteroatoms. The van der Waals surface area contributed by atoms with Crippen molar-refractivity contribution < 1.29 is 9.47 Å². The summed E-state index contributed by atoms with van der Waals surface area (Å²) in [6, 6.07) is 0. The molecule has 0 fully saturated rings. The Labute approximate surface area is 146 Å². The van der Waals surface area contributed by atoms with Crippen LogP contribution in [-0.4, -0.2) is 17.5 Å². The Bertz CT molecular complexity index is 257. The lowest BCUT2D eigenvalue weighted by Gasteiger charge is -2.37. The smallest absolute Gasteiger partial charge is 0.161 e. The largest absolute Gasteiger partial charge is 0.347 e. The van der Waals surface area contributed by atoms with Crippen molar-refractivity contribution in [2.45, 2.75) is 131 Å². The summed E-state index contributed by atoms with van der Waals surface area (Å²) in [5.41, 5.74) is -0.326. The minimum Gasteiger partial charge on any atom is -0.347 e. The van der Waals surface area contributed by atoms with Crippen LogP contribution in [0.4, 0.5) is 0 Å². The van der Waals surface area contributed by atoms with Gasteiger partial charge in [-0.3, -0.25) is 0 Å². The summed E-state index contributed by atoms with van der Waals surface area (Å²) in [7, 11) is 0. The molecule has 0 heterocycles. The van der Waals surface area contributed by atoms with Crippen molar-refractivity contribution in [1.29, 1.82) is 0 Å². The van der Waals surface area contributed by atoms with Crippen molar-refractivity contribution >= 4 is 0 Å². The molecule has 0 saturated heterocycles. The van der Waals surface area contributed by atoms with E-state index in [2.05, 4.69) is 55.4 Å². The summed E-state index contributed by atoms with van der Waals surface area (Å²) in [6.07, 6.45) is 11.8.